The molecule has 27 heavy (non-hydrogen) atoms. The molecule has 0 atom stereocenters. The fourth-order valence-corrected chi connectivity index (χ4v) is 5.68. The van der Waals surface area contributed by atoms with Gasteiger partial charge in [-0.05, 0) is 56.1 Å². The van der Waals surface area contributed by atoms with Gasteiger partial charge in [-0.25, -0.2) is 0 Å². The Hall–Kier alpha value is -1.40. The van der Waals surface area contributed by atoms with Crippen molar-refractivity contribution in [2.24, 2.45) is 0 Å². The van der Waals surface area contributed by atoms with Crippen LogP contribution in [0.25, 0.3) is 30.9 Å². The summed E-state index contributed by atoms with van der Waals surface area (Å²) in [7, 11) is -0.326. The van der Waals surface area contributed by atoms with Crippen LogP contribution in [-0.4, -0.2) is 18.3 Å². The van der Waals surface area contributed by atoms with Crippen LogP contribution in [0.1, 0.15) is 27.7 Å². The Bertz CT molecular complexity index is 1200. The summed E-state index contributed by atoms with van der Waals surface area (Å²) >= 11 is 5.56. The van der Waals surface area contributed by atoms with Gasteiger partial charge in [-0.2, -0.15) is 0 Å². The van der Waals surface area contributed by atoms with Crippen LogP contribution < -0.4 is 5.46 Å². The normalized spacial score (nSPS) is 18.8. The summed E-state index contributed by atoms with van der Waals surface area (Å²) < 4.78 is 16.2. The Morgan fingerprint density at radius 1 is 0.815 bits per heavy atom. The zero-order chi connectivity index (χ0) is 19.0. The second kappa shape index (κ2) is 5.80. The Kier molecular flexibility index (Phi) is 3.80. The van der Waals surface area contributed by atoms with Gasteiger partial charge in [0.2, 0.25) is 0 Å². The van der Waals surface area contributed by atoms with Gasteiger partial charge in [-0.3, -0.25) is 0 Å². The van der Waals surface area contributed by atoms with Crippen LogP contribution in [0, 0.1) is 0 Å². The molecule has 2 nitrogen and oxygen atoms in total. The van der Waals surface area contributed by atoms with Crippen LogP contribution in [0.3, 0.4) is 0 Å². The summed E-state index contributed by atoms with van der Waals surface area (Å²) in [6.45, 7) is 8.37. The maximum absolute atomic E-state index is 6.24. The molecule has 1 saturated heterocycles. The lowest BCUT2D eigenvalue weighted by molar-refractivity contribution is 0.00578. The molecule has 2 heterocycles. The summed E-state index contributed by atoms with van der Waals surface area (Å²) in [6.07, 6.45) is 0. The van der Waals surface area contributed by atoms with Gasteiger partial charge in [0.1, 0.15) is 0 Å². The number of halogens is 1. The molecule has 0 amide bonds. The molecule has 1 aliphatic rings. The summed E-state index contributed by atoms with van der Waals surface area (Å²) in [6, 6.07) is 17.4. The molecule has 5 rings (SSSR count). The number of hydrogen-bond acceptors (Lipinski definition) is 3. The summed E-state index contributed by atoms with van der Waals surface area (Å²) in [4.78, 5) is 0. The van der Waals surface area contributed by atoms with Gasteiger partial charge < -0.3 is 9.31 Å². The Morgan fingerprint density at radius 3 is 2.19 bits per heavy atom. The number of hydrogen-bond donors (Lipinski definition) is 0. The molecule has 1 fully saturated rings. The molecule has 0 spiro atoms. The third kappa shape index (κ3) is 2.60. The predicted molar refractivity (Wildman–Crippen MR) is 120 cm³/mol. The van der Waals surface area contributed by atoms with Crippen LogP contribution in [-0.2, 0) is 9.31 Å². The van der Waals surface area contributed by atoms with E-state index in [-0.39, 0.29) is 18.3 Å². The number of fused-ring (bicyclic) bond motifs is 5. The van der Waals surface area contributed by atoms with E-state index in [0.29, 0.717) is 0 Å². The molecule has 1 aromatic heterocycles. The van der Waals surface area contributed by atoms with Gasteiger partial charge in [0.05, 0.1) is 11.2 Å². The highest BCUT2D eigenvalue weighted by atomic mass is 79.9. The van der Waals surface area contributed by atoms with E-state index < -0.39 is 0 Å². The highest BCUT2D eigenvalue weighted by Gasteiger charge is 2.51. The van der Waals surface area contributed by atoms with E-state index in [1.807, 2.05) is 11.3 Å². The van der Waals surface area contributed by atoms with E-state index in [0.717, 1.165) is 9.94 Å². The van der Waals surface area contributed by atoms with E-state index >= 15 is 0 Å². The third-order valence-electron chi connectivity index (χ3n) is 5.98. The molecule has 0 unspecified atom stereocenters. The first-order valence-electron chi connectivity index (χ1n) is 9.16. The van der Waals surface area contributed by atoms with Crippen LogP contribution in [0.2, 0.25) is 0 Å². The highest BCUT2D eigenvalue weighted by Crippen LogP contribution is 2.42. The van der Waals surface area contributed by atoms with E-state index in [9.17, 15) is 0 Å². The Labute approximate surface area is 171 Å². The molecule has 0 radical (unpaired) electrons. The van der Waals surface area contributed by atoms with Crippen molar-refractivity contribution in [1.82, 2.24) is 0 Å². The maximum atomic E-state index is 6.24. The maximum Gasteiger partial charge on any atom is 0.494 e. The third-order valence-corrected chi connectivity index (χ3v) is 7.73. The average molecular weight is 439 g/mol. The molecule has 3 aromatic carbocycles. The first-order chi connectivity index (χ1) is 12.8. The van der Waals surface area contributed by atoms with Gasteiger partial charge in [0, 0.05) is 24.6 Å². The highest BCUT2D eigenvalue weighted by molar-refractivity contribution is 9.10. The first-order valence-corrected chi connectivity index (χ1v) is 10.8. The Morgan fingerprint density at radius 2 is 1.48 bits per heavy atom. The smallest absolute Gasteiger partial charge is 0.399 e. The van der Waals surface area contributed by atoms with Crippen molar-refractivity contribution in [3.8, 4) is 0 Å². The van der Waals surface area contributed by atoms with Crippen molar-refractivity contribution in [2.75, 3.05) is 0 Å². The van der Waals surface area contributed by atoms with Gasteiger partial charge in [-0.15, -0.1) is 11.3 Å². The monoisotopic (exact) mass is 438 g/mol. The van der Waals surface area contributed by atoms with Crippen LogP contribution >= 0.6 is 27.3 Å². The van der Waals surface area contributed by atoms with E-state index in [2.05, 4.69) is 92.2 Å². The van der Waals surface area contributed by atoms with E-state index in [1.54, 1.807) is 0 Å². The molecule has 0 aliphatic carbocycles. The molecule has 0 saturated carbocycles. The second-order valence-corrected chi connectivity index (χ2v) is 10.2. The standard InChI is InChI=1S/C22H20BBrO2S/c1-21(2)22(3,4)26-23(25-21)13-9-10-16-18(11-13)27-19-12-17(24)14-7-5-6-8-15(14)20(16)19/h5-12H,1-4H3. The van der Waals surface area contributed by atoms with Crippen LogP contribution in [0.5, 0.6) is 0 Å². The van der Waals surface area contributed by atoms with Gasteiger partial charge in [0.25, 0.3) is 0 Å². The molecular weight excluding hydrogens is 419 g/mol. The first kappa shape index (κ1) is 17.7. The summed E-state index contributed by atoms with van der Waals surface area (Å²) in [5.74, 6) is 0. The Balaban J connectivity index is 1.70. The minimum absolute atomic E-state index is 0.326. The van der Waals surface area contributed by atoms with Crippen LogP contribution in [0.15, 0.2) is 53.0 Å². The molecular formula is C22H20BBrO2S. The number of thiophene rings is 1. The van der Waals surface area contributed by atoms with Gasteiger partial charge in [-0.1, -0.05) is 52.3 Å². The van der Waals surface area contributed by atoms with Crippen molar-refractivity contribution in [3.05, 3.63) is 53.0 Å². The largest absolute Gasteiger partial charge is 0.494 e. The minimum atomic E-state index is -0.326. The fourth-order valence-electron chi connectivity index (χ4n) is 3.74. The zero-order valence-corrected chi connectivity index (χ0v) is 18.2. The second-order valence-electron chi connectivity index (χ2n) is 8.22. The van der Waals surface area contributed by atoms with Crippen molar-refractivity contribution in [3.63, 3.8) is 0 Å². The van der Waals surface area contributed by atoms with Crippen LogP contribution in [0.4, 0.5) is 0 Å². The summed E-state index contributed by atoms with van der Waals surface area (Å²) in [5, 5.41) is 5.16. The molecule has 0 bridgehead atoms. The van der Waals surface area contributed by atoms with Gasteiger partial charge >= 0.3 is 7.12 Å². The van der Waals surface area contributed by atoms with Crippen molar-refractivity contribution < 1.29 is 9.31 Å². The predicted octanol–water partition coefficient (Wildman–Crippen LogP) is 6.27. The average Bonchev–Trinajstić information content (AvgIpc) is 3.08. The SMILES string of the molecule is CC1(C)OB(c2ccc3c(c2)sc2cc(Br)c4ccccc4c23)OC1(C)C. The molecule has 4 aromatic rings. The van der Waals surface area contributed by atoms with Crippen molar-refractivity contribution in [1.29, 1.82) is 0 Å². The lowest BCUT2D eigenvalue weighted by atomic mass is 9.79. The molecule has 1 aliphatic heterocycles. The van der Waals surface area contributed by atoms with E-state index in [1.165, 1.54) is 30.9 Å². The fraction of sp³-hybridized carbons (Fsp3) is 0.273. The number of benzene rings is 3. The lowest BCUT2D eigenvalue weighted by Crippen LogP contribution is -2.41. The van der Waals surface area contributed by atoms with Crippen molar-refractivity contribution >= 4 is 70.8 Å². The minimum Gasteiger partial charge on any atom is -0.399 e. The van der Waals surface area contributed by atoms with Gasteiger partial charge in [0.15, 0.2) is 0 Å². The quantitative estimate of drug-likeness (QED) is 0.326. The molecule has 5 heteroatoms. The molecule has 136 valence electrons. The summed E-state index contributed by atoms with van der Waals surface area (Å²) in [5.41, 5.74) is 0.429. The zero-order valence-electron chi connectivity index (χ0n) is 15.8. The van der Waals surface area contributed by atoms with Crippen molar-refractivity contribution in [2.45, 2.75) is 38.9 Å². The molecule has 0 N–H and O–H groups in total. The lowest BCUT2D eigenvalue weighted by Gasteiger charge is -2.32. The van der Waals surface area contributed by atoms with E-state index in [4.69, 9.17) is 9.31 Å². The number of rotatable bonds is 1. The topological polar surface area (TPSA) is 18.5 Å².